The molecular formula is C23H19ClN2O5. The first-order valence-electron chi connectivity index (χ1n) is 9.23. The van der Waals surface area contributed by atoms with Crippen LogP contribution in [-0.2, 0) is 9.53 Å². The monoisotopic (exact) mass is 438 g/mol. The van der Waals surface area contributed by atoms with Crippen molar-refractivity contribution in [2.75, 3.05) is 24.4 Å². The van der Waals surface area contributed by atoms with Crippen LogP contribution >= 0.6 is 11.6 Å². The highest BCUT2D eigenvalue weighted by Crippen LogP contribution is 2.24. The quantitative estimate of drug-likeness (QED) is 0.533. The highest BCUT2D eigenvalue weighted by Gasteiger charge is 2.15. The highest BCUT2D eigenvalue weighted by molar-refractivity contribution is 6.31. The van der Waals surface area contributed by atoms with E-state index in [2.05, 4.69) is 15.4 Å². The van der Waals surface area contributed by atoms with E-state index in [0.29, 0.717) is 22.0 Å². The van der Waals surface area contributed by atoms with Gasteiger partial charge in [0.1, 0.15) is 5.75 Å². The maximum Gasteiger partial charge on any atom is 0.337 e. The number of amides is 2. The lowest BCUT2D eigenvalue weighted by Crippen LogP contribution is -2.22. The molecule has 0 aromatic heterocycles. The first-order chi connectivity index (χ1) is 15.0. The van der Waals surface area contributed by atoms with Crippen molar-refractivity contribution in [3.8, 4) is 5.75 Å². The molecule has 31 heavy (non-hydrogen) atoms. The summed E-state index contributed by atoms with van der Waals surface area (Å²) in [6.45, 7) is -0.351. The van der Waals surface area contributed by atoms with Crippen LogP contribution in [0.5, 0.6) is 5.75 Å². The van der Waals surface area contributed by atoms with Gasteiger partial charge in [0.05, 0.1) is 18.2 Å². The predicted molar refractivity (Wildman–Crippen MR) is 118 cm³/mol. The number of rotatable bonds is 7. The van der Waals surface area contributed by atoms with Gasteiger partial charge in [-0.1, -0.05) is 35.9 Å². The van der Waals surface area contributed by atoms with E-state index in [1.807, 2.05) is 6.07 Å². The second-order valence-electron chi connectivity index (χ2n) is 6.37. The zero-order valence-electron chi connectivity index (χ0n) is 16.6. The van der Waals surface area contributed by atoms with Crippen LogP contribution in [0.3, 0.4) is 0 Å². The van der Waals surface area contributed by atoms with E-state index in [0.717, 1.165) is 0 Å². The molecule has 0 atom stereocenters. The summed E-state index contributed by atoms with van der Waals surface area (Å²) < 4.78 is 10.2. The number of nitrogens with one attached hydrogen (secondary N) is 2. The van der Waals surface area contributed by atoms with Crippen molar-refractivity contribution in [2.45, 2.75) is 0 Å². The Kier molecular flexibility index (Phi) is 7.24. The molecule has 0 fully saturated rings. The molecule has 0 heterocycles. The number of ether oxygens (including phenoxy) is 2. The molecule has 0 bridgehead atoms. The van der Waals surface area contributed by atoms with Gasteiger partial charge in [0.15, 0.2) is 6.61 Å². The molecule has 8 heteroatoms. The lowest BCUT2D eigenvalue weighted by atomic mass is 10.1. The fourth-order valence-corrected chi connectivity index (χ4v) is 2.88. The smallest absolute Gasteiger partial charge is 0.337 e. The molecule has 2 N–H and O–H groups in total. The summed E-state index contributed by atoms with van der Waals surface area (Å²) in [5.74, 6) is -1.19. The number of para-hydroxylation sites is 1. The molecule has 0 spiro atoms. The van der Waals surface area contributed by atoms with Gasteiger partial charge in [0.2, 0.25) is 0 Å². The normalized spacial score (nSPS) is 10.1. The number of hydrogen-bond acceptors (Lipinski definition) is 5. The average molecular weight is 439 g/mol. The molecular weight excluding hydrogens is 420 g/mol. The second-order valence-corrected chi connectivity index (χ2v) is 6.81. The Bertz CT molecular complexity index is 1100. The second kappa shape index (κ2) is 10.3. The molecule has 2 amide bonds. The number of benzene rings is 3. The van der Waals surface area contributed by atoms with Crippen LogP contribution in [0.25, 0.3) is 0 Å². The van der Waals surface area contributed by atoms with E-state index in [1.54, 1.807) is 48.5 Å². The van der Waals surface area contributed by atoms with E-state index in [-0.39, 0.29) is 17.9 Å². The predicted octanol–water partition coefficient (Wildman–Crippen LogP) is 4.40. The number of carbonyl (C=O) groups excluding carboxylic acids is 3. The van der Waals surface area contributed by atoms with Crippen molar-refractivity contribution in [1.29, 1.82) is 0 Å². The van der Waals surface area contributed by atoms with Gasteiger partial charge in [-0.15, -0.1) is 0 Å². The average Bonchev–Trinajstić information content (AvgIpc) is 2.78. The van der Waals surface area contributed by atoms with Crippen molar-refractivity contribution >= 4 is 40.8 Å². The Morgan fingerprint density at radius 3 is 2.35 bits per heavy atom. The minimum atomic E-state index is -0.511. The molecule has 0 aliphatic rings. The Morgan fingerprint density at radius 1 is 0.871 bits per heavy atom. The molecule has 3 rings (SSSR count). The number of hydrogen-bond donors (Lipinski definition) is 2. The van der Waals surface area contributed by atoms with Crippen LogP contribution in [0.2, 0.25) is 5.02 Å². The third-order valence-corrected chi connectivity index (χ3v) is 4.38. The van der Waals surface area contributed by atoms with E-state index in [1.165, 1.54) is 25.3 Å². The first kappa shape index (κ1) is 21.9. The molecule has 0 saturated heterocycles. The summed E-state index contributed by atoms with van der Waals surface area (Å²) in [7, 11) is 1.28. The van der Waals surface area contributed by atoms with Gasteiger partial charge < -0.3 is 20.1 Å². The molecule has 3 aromatic carbocycles. The van der Waals surface area contributed by atoms with Gasteiger partial charge in [-0.2, -0.15) is 0 Å². The van der Waals surface area contributed by atoms with Crippen molar-refractivity contribution in [1.82, 2.24) is 0 Å². The molecule has 3 aromatic rings. The summed E-state index contributed by atoms with van der Waals surface area (Å²) >= 11 is 6.03. The van der Waals surface area contributed by atoms with Crippen LogP contribution < -0.4 is 15.4 Å². The van der Waals surface area contributed by atoms with Crippen molar-refractivity contribution in [3.05, 3.63) is 88.9 Å². The van der Waals surface area contributed by atoms with Gasteiger partial charge in [0, 0.05) is 16.4 Å². The minimum absolute atomic E-state index is 0.192. The SMILES string of the molecule is COC(=O)c1cccc(NC(=O)COc2ccc(Cl)cc2C(=O)Nc2ccccc2)c1. The van der Waals surface area contributed by atoms with Crippen LogP contribution in [0.4, 0.5) is 11.4 Å². The topological polar surface area (TPSA) is 93.7 Å². The third kappa shape index (κ3) is 6.07. The summed E-state index contributed by atoms with van der Waals surface area (Å²) in [4.78, 5) is 36.6. The summed E-state index contributed by atoms with van der Waals surface area (Å²) in [5, 5.41) is 5.74. The van der Waals surface area contributed by atoms with E-state index < -0.39 is 17.8 Å². The zero-order valence-corrected chi connectivity index (χ0v) is 17.3. The fraction of sp³-hybridized carbons (Fsp3) is 0.0870. The van der Waals surface area contributed by atoms with Gasteiger partial charge >= 0.3 is 5.97 Å². The van der Waals surface area contributed by atoms with Gasteiger partial charge in [-0.3, -0.25) is 9.59 Å². The molecule has 0 aliphatic heterocycles. The zero-order chi connectivity index (χ0) is 22.2. The maximum absolute atomic E-state index is 12.7. The van der Waals surface area contributed by atoms with E-state index >= 15 is 0 Å². The largest absolute Gasteiger partial charge is 0.483 e. The molecule has 0 aliphatic carbocycles. The third-order valence-electron chi connectivity index (χ3n) is 4.14. The van der Waals surface area contributed by atoms with Crippen LogP contribution in [0, 0.1) is 0 Å². The number of carbonyl (C=O) groups is 3. The highest BCUT2D eigenvalue weighted by atomic mass is 35.5. The van der Waals surface area contributed by atoms with Crippen LogP contribution in [0.15, 0.2) is 72.8 Å². The fourth-order valence-electron chi connectivity index (χ4n) is 2.71. The molecule has 7 nitrogen and oxygen atoms in total. The Morgan fingerprint density at radius 2 is 1.61 bits per heavy atom. The maximum atomic E-state index is 12.7. The van der Waals surface area contributed by atoms with Crippen molar-refractivity contribution in [3.63, 3.8) is 0 Å². The van der Waals surface area contributed by atoms with Crippen LogP contribution in [-0.4, -0.2) is 31.5 Å². The number of halogens is 1. The van der Waals surface area contributed by atoms with Crippen molar-refractivity contribution in [2.24, 2.45) is 0 Å². The summed E-state index contributed by atoms with van der Waals surface area (Å²) in [5.41, 5.74) is 1.52. The van der Waals surface area contributed by atoms with Gasteiger partial charge in [-0.05, 0) is 48.5 Å². The standard InChI is InChI=1S/C23H19ClN2O5/c1-30-23(29)15-6-5-9-18(12-15)25-21(27)14-31-20-11-10-16(24)13-19(20)22(28)26-17-7-3-2-4-8-17/h2-13H,14H2,1H3,(H,25,27)(H,26,28). The Labute approximate surface area is 183 Å². The van der Waals surface area contributed by atoms with E-state index in [9.17, 15) is 14.4 Å². The lowest BCUT2D eigenvalue weighted by Gasteiger charge is -2.13. The molecule has 158 valence electrons. The Hall–Kier alpha value is -3.84. The Balaban J connectivity index is 1.67. The lowest BCUT2D eigenvalue weighted by molar-refractivity contribution is -0.118. The molecule has 0 saturated carbocycles. The van der Waals surface area contributed by atoms with Gasteiger partial charge in [0.25, 0.3) is 11.8 Å². The minimum Gasteiger partial charge on any atom is -0.483 e. The summed E-state index contributed by atoms with van der Waals surface area (Å²) in [6, 6.07) is 19.8. The summed E-state index contributed by atoms with van der Waals surface area (Å²) in [6.07, 6.45) is 0. The van der Waals surface area contributed by atoms with Crippen molar-refractivity contribution < 1.29 is 23.9 Å². The first-order valence-corrected chi connectivity index (χ1v) is 9.61. The number of methoxy groups -OCH3 is 1. The number of anilines is 2. The molecule has 0 radical (unpaired) electrons. The van der Waals surface area contributed by atoms with Gasteiger partial charge in [-0.25, -0.2) is 4.79 Å². The van der Waals surface area contributed by atoms with Crippen LogP contribution in [0.1, 0.15) is 20.7 Å². The number of esters is 1. The molecule has 0 unspecified atom stereocenters. The van der Waals surface area contributed by atoms with E-state index in [4.69, 9.17) is 16.3 Å².